The second-order valence-corrected chi connectivity index (χ2v) is 6.78. The molecule has 0 aliphatic carbocycles. The summed E-state index contributed by atoms with van der Waals surface area (Å²) in [5, 5.41) is 5.82. The van der Waals surface area contributed by atoms with Crippen LogP contribution in [0.3, 0.4) is 0 Å². The van der Waals surface area contributed by atoms with Gasteiger partial charge in [0.2, 0.25) is 5.91 Å². The van der Waals surface area contributed by atoms with Crippen LogP contribution in [0.2, 0.25) is 0 Å². The summed E-state index contributed by atoms with van der Waals surface area (Å²) < 4.78 is 0. The van der Waals surface area contributed by atoms with Crippen LogP contribution in [0.25, 0.3) is 0 Å². The molecule has 1 fully saturated rings. The van der Waals surface area contributed by atoms with Gasteiger partial charge in [-0.3, -0.25) is 4.79 Å². The highest BCUT2D eigenvalue weighted by atomic mass is 16.2. The predicted molar refractivity (Wildman–Crippen MR) is 105 cm³/mol. The summed E-state index contributed by atoms with van der Waals surface area (Å²) in [5.74, 6) is 0.0347. The molecule has 1 heterocycles. The molecule has 2 aromatic rings. The number of para-hydroxylation sites is 1. The molecular formula is C21H25N3O2. The quantitative estimate of drug-likeness (QED) is 0.880. The van der Waals surface area contributed by atoms with Crippen LogP contribution in [0.1, 0.15) is 30.0 Å². The van der Waals surface area contributed by atoms with Gasteiger partial charge in [0.25, 0.3) is 0 Å². The molecule has 0 spiro atoms. The third-order valence-corrected chi connectivity index (χ3v) is 4.91. The smallest absolute Gasteiger partial charge is 0.319 e. The molecule has 26 heavy (non-hydrogen) atoms. The monoisotopic (exact) mass is 351 g/mol. The van der Waals surface area contributed by atoms with Crippen molar-refractivity contribution in [1.29, 1.82) is 0 Å². The summed E-state index contributed by atoms with van der Waals surface area (Å²) in [5.41, 5.74) is 5.13. The minimum atomic E-state index is -0.273. The summed E-state index contributed by atoms with van der Waals surface area (Å²) in [6.07, 6.45) is 1.16. The SMILES string of the molecule is CCc1ccccc1NC(=O)N[C@H]1CC(=O)N(c2ccc(C)c(C)c2)C1. The first-order valence-corrected chi connectivity index (χ1v) is 9.01. The van der Waals surface area contributed by atoms with E-state index < -0.39 is 0 Å². The van der Waals surface area contributed by atoms with Gasteiger partial charge < -0.3 is 15.5 Å². The molecule has 136 valence electrons. The Hall–Kier alpha value is -2.82. The van der Waals surface area contributed by atoms with Crippen LogP contribution in [-0.4, -0.2) is 24.5 Å². The minimum absolute atomic E-state index is 0.0347. The fraction of sp³-hybridized carbons (Fsp3) is 0.333. The average molecular weight is 351 g/mol. The first kappa shape index (κ1) is 18.0. The summed E-state index contributed by atoms with van der Waals surface area (Å²) in [7, 11) is 0. The van der Waals surface area contributed by atoms with Gasteiger partial charge in [-0.15, -0.1) is 0 Å². The highest BCUT2D eigenvalue weighted by Gasteiger charge is 2.31. The lowest BCUT2D eigenvalue weighted by molar-refractivity contribution is -0.117. The lowest BCUT2D eigenvalue weighted by atomic mass is 10.1. The van der Waals surface area contributed by atoms with Crippen molar-refractivity contribution in [3.8, 4) is 0 Å². The molecule has 2 aromatic carbocycles. The maximum atomic E-state index is 12.4. The highest BCUT2D eigenvalue weighted by Crippen LogP contribution is 2.24. The zero-order valence-corrected chi connectivity index (χ0v) is 15.5. The van der Waals surface area contributed by atoms with Crippen molar-refractivity contribution < 1.29 is 9.59 Å². The maximum Gasteiger partial charge on any atom is 0.319 e. The topological polar surface area (TPSA) is 61.4 Å². The van der Waals surface area contributed by atoms with Crippen molar-refractivity contribution in [3.63, 3.8) is 0 Å². The number of anilines is 2. The Labute approximate surface area is 154 Å². The molecule has 1 saturated heterocycles. The minimum Gasteiger partial charge on any atom is -0.333 e. The number of nitrogens with zero attached hydrogens (tertiary/aromatic N) is 1. The number of benzene rings is 2. The molecule has 2 N–H and O–H groups in total. The summed E-state index contributed by atoms with van der Waals surface area (Å²) in [4.78, 5) is 26.5. The number of urea groups is 1. The largest absolute Gasteiger partial charge is 0.333 e. The van der Waals surface area contributed by atoms with Gasteiger partial charge in [-0.05, 0) is 55.2 Å². The van der Waals surface area contributed by atoms with Crippen molar-refractivity contribution >= 4 is 23.3 Å². The molecule has 0 unspecified atom stereocenters. The van der Waals surface area contributed by atoms with Crippen LogP contribution in [0.4, 0.5) is 16.2 Å². The van der Waals surface area contributed by atoms with E-state index in [1.54, 1.807) is 4.90 Å². The van der Waals surface area contributed by atoms with Crippen LogP contribution in [0, 0.1) is 13.8 Å². The fourth-order valence-corrected chi connectivity index (χ4v) is 3.24. The second kappa shape index (κ2) is 7.60. The molecule has 5 heteroatoms. The lowest BCUT2D eigenvalue weighted by Gasteiger charge is -2.19. The molecular weight excluding hydrogens is 326 g/mol. The van der Waals surface area contributed by atoms with Gasteiger partial charge in [0, 0.05) is 24.3 Å². The van der Waals surface area contributed by atoms with E-state index in [9.17, 15) is 9.59 Å². The molecule has 3 amide bonds. The summed E-state index contributed by atoms with van der Waals surface area (Å²) in [6.45, 7) is 6.63. The number of nitrogens with one attached hydrogen (secondary N) is 2. The highest BCUT2D eigenvalue weighted by molar-refractivity contribution is 5.97. The van der Waals surface area contributed by atoms with E-state index in [-0.39, 0.29) is 18.0 Å². The number of amides is 3. The maximum absolute atomic E-state index is 12.4. The molecule has 1 atom stereocenters. The van der Waals surface area contributed by atoms with Crippen molar-refractivity contribution in [2.24, 2.45) is 0 Å². The van der Waals surface area contributed by atoms with E-state index >= 15 is 0 Å². The van der Waals surface area contributed by atoms with Crippen molar-refractivity contribution in [3.05, 3.63) is 59.2 Å². The Bertz CT molecular complexity index is 832. The molecule has 1 aliphatic heterocycles. The number of carbonyl (C=O) groups excluding carboxylic acids is 2. The Kier molecular flexibility index (Phi) is 5.26. The third kappa shape index (κ3) is 3.87. The van der Waals surface area contributed by atoms with Crippen LogP contribution in [-0.2, 0) is 11.2 Å². The van der Waals surface area contributed by atoms with Crippen molar-refractivity contribution in [1.82, 2.24) is 5.32 Å². The van der Waals surface area contributed by atoms with Gasteiger partial charge in [-0.25, -0.2) is 4.79 Å². The molecule has 5 nitrogen and oxygen atoms in total. The molecule has 0 bridgehead atoms. The zero-order valence-electron chi connectivity index (χ0n) is 15.5. The standard InChI is InChI=1S/C21H25N3O2/c1-4-16-7-5-6-8-19(16)23-21(26)22-17-12-20(25)24(13-17)18-10-9-14(2)15(3)11-18/h5-11,17H,4,12-13H2,1-3H3,(H2,22,23,26)/t17-/m0/s1. The van der Waals surface area contributed by atoms with E-state index in [2.05, 4.69) is 17.6 Å². The van der Waals surface area contributed by atoms with Gasteiger partial charge in [-0.2, -0.15) is 0 Å². The van der Waals surface area contributed by atoms with Gasteiger partial charge in [0.1, 0.15) is 0 Å². The summed E-state index contributed by atoms with van der Waals surface area (Å²) >= 11 is 0. The molecule has 0 saturated carbocycles. The Morgan fingerprint density at radius 1 is 1.15 bits per heavy atom. The van der Waals surface area contributed by atoms with Gasteiger partial charge in [-0.1, -0.05) is 31.2 Å². The molecule has 1 aliphatic rings. The second-order valence-electron chi connectivity index (χ2n) is 6.78. The Morgan fingerprint density at radius 2 is 1.92 bits per heavy atom. The Morgan fingerprint density at radius 3 is 2.65 bits per heavy atom. The van der Waals surface area contributed by atoms with Crippen LogP contribution < -0.4 is 15.5 Å². The normalized spacial score (nSPS) is 16.7. The van der Waals surface area contributed by atoms with E-state index in [4.69, 9.17) is 0 Å². The first-order valence-electron chi connectivity index (χ1n) is 9.01. The first-order chi connectivity index (χ1) is 12.5. The number of aryl methyl sites for hydroxylation is 3. The van der Waals surface area contributed by atoms with E-state index in [0.29, 0.717) is 13.0 Å². The van der Waals surface area contributed by atoms with Crippen molar-refractivity contribution in [2.75, 3.05) is 16.8 Å². The summed E-state index contributed by atoms with van der Waals surface area (Å²) in [6, 6.07) is 13.3. The van der Waals surface area contributed by atoms with Crippen LogP contribution in [0.15, 0.2) is 42.5 Å². The van der Waals surface area contributed by atoms with Crippen LogP contribution >= 0.6 is 0 Å². The molecule has 0 aromatic heterocycles. The fourth-order valence-electron chi connectivity index (χ4n) is 3.24. The van der Waals surface area contributed by atoms with Crippen LogP contribution in [0.5, 0.6) is 0 Å². The van der Waals surface area contributed by atoms with Gasteiger partial charge in [0.05, 0.1) is 6.04 Å². The van der Waals surface area contributed by atoms with E-state index in [1.807, 2.05) is 56.3 Å². The number of hydrogen-bond donors (Lipinski definition) is 2. The average Bonchev–Trinajstić information content (AvgIpc) is 2.98. The predicted octanol–water partition coefficient (Wildman–Crippen LogP) is 3.79. The third-order valence-electron chi connectivity index (χ3n) is 4.91. The van der Waals surface area contributed by atoms with Crippen molar-refractivity contribution in [2.45, 2.75) is 39.7 Å². The molecule has 3 rings (SSSR count). The number of rotatable bonds is 4. The molecule has 0 radical (unpaired) electrons. The Balaban J connectivity index is 1.63. The number of hydrogen-bond acceptors (Lipinski definition) is 2. The van der Waals surface area contributed by atoms with Gasteiger partial charge in [0.15, 0.2) is 0 Å². The van der Waals surface area contributed by atoms with E-state index in [0.717, 1.165) is 28.9 Å². The number of carbonyl (C=O) groups is 2. The lowest BCUT2D eigenvalue weighted by Crippen LogP contribution is -2.39. The van der Waals surface area contributed by atoms with Gasteiger partial charge >= 0.3 is 6.03 Å². The van der Waals surface area contributed by atoms with E-state index in [1.165, 1.54) is 5.56 Å². The zero-order chi connectivity index (χ0) is 18.7.